The molecule has 0 aliphatic rings. The topological polar surface area (TPSA) is 12.4 Å². The van der Waals surface area contributed by atoms with Crippen molar-refractivity contribution in [1.82, 2.24) is 0 Å². The van der Waals surface area contributed by atoms with E-state index in [1.165, 1.54) is 5.57 Å². The molecule has 0 rings (SSSR count). The van der Waals surface area contributed by atoms with Crippen LogP contribution in [0.3, 0.4) is 0 Å². The summed E-state index contributed by atoms with van der Waals surface area (Å²) in [6.07, 6.45) is 5.77. The summed E-state index contributed by atoms with van der Waals surface area (Å²) in [6, 6.07) is 0. The van der Waals surface area contributed by atoms with Gasteiger partial charge in [0, 0.05) is 11.9 Å². The van der Waals surface area contributed by atoms with Crippen LogP contribution in [0, 0.1) is 0 Å². The lowest BCUT2D eigenvalue weighted by Gasteiger charge is -1.93. The van der Waals surface area contributed by atoms with E-state index < -0.39 is 0 Å². The maximum absolute atomic E-state index is 4.27. The molecular weight excluding hydrogens is 134 g/mol. The first-order valence-corrected chi connectivity index (χ1v) is 4.09. The molecule has 0 heterocycles. The predicted octanol–water partition coefficient (Wildman–Crippen LogP) is 3.34. The van der Waals surface area contributed by atoms with Crippen molar-refractivity contribution in [2.24, 2.45) is 4.99 Å². The molecule has 0 aromatic heterocycles. The Labute approximate surface area is 69.5 Å². The zero-order valence-corrected chi connectivity index (χ0v) is 7.72. The number of aliphatic imine (C=N–C) groups is 1. The molecule has 1 heteroatoms. The Morgan fingerprint density at radius 3 is 2.36 bits per heavy atom. The molecule has 0 aliphatic carbocycles. The second kappa shape index (κ2) is 5.90. The highest BCUT2D eigenvalue weighted by Gasteiger charge is 1.85. The number of rotatable bonds is 4. The van der Waals surface area contributed by atoms with Crippen LogP contribution < -0.4 is 0 Å². The lowest BCUT2D eigenvalue weighted by Crippen LogP contribution is -1.84. The van der Waals surface area contributed by atoms with E-state index in [2.05, 4.69) is 25.4 Å². The molecule has 0 radical (unpaired) electrons. The van der Waals surface area contributed by atoms with Crippen molar-refractivity contribution in [3.05, 3.63) is 24.4 Å². The minimum absolute atomic E-state index is 1.00. The Kier molecular flexibility index (Phi) is 5.44. The third kappa shape index (κ3) is 4.54. The van der Waals surface area contributed by atoms with Crippen molar-refractivity contribution in [3.8, 4) is 0 Å². The molecule has 0 unspecified atom stereocenters. The summed E-state index contributed by atoms with van der Waals surface area (Å²) >= 11 is 0. The summed E-state index contributed by atoms with van der Waals surface area (Å²) < 4.78 is 0. The van der Waals surface area contributed by atoms with Gasteiger partial charge in [-0.15, -0.1) is 0 Å². The monoisotopic (exact) mass is 151 g/mol. The molecular formula is C10H17N. The van der Waals surface area contributed by atoms with Gasteiger partial charge in [0.25, 0.3) is 0 Å². The van der Waals surface area contributed by atoms with Gasteiger partial charge in [0.1, 0.15) is 0 Å². The smallest absolute Gasteiger partial charge is 0.0298 e. The van der Waals surface area contributed by atoms with E-state index in [-0.39, 0.29) is 0 Å². The first kappa shape index (κ1) is 10.2. The molecule has 0 bridgehead atoms. The number of nitrogens with zero attached hydrogens (tertiary/aromatic N) is 1. The fourth-order valence-corrected chi connectivity index (χ4v) is 0.573. The minimum atomic E-state index is 1.00. The maximum atomic E-state index is 4.27. The van der Waals surface area contributed by atoms with Gasteiger partial charge < -0.3 is 0 Å². The predicted molar refractivity (Wildman–Crippen MR) is 52.0 cm³/mol. The van der Waals surface area contributed by atoms with Gasteiger partial charge in [-0.1, -0.05) is 26.5 Å². The summed E-state index contributed by atoms with van der Waals surface area (Å²) in [5.74, 6) is 0. The maximum Gasteiger partial charge on any atom is 0.0298 e. The van der Waals surface area contributed by atoms with Gasteiger partial charge in [0.05, 0.1) is 0 Å². The molecule has 11 heavy (non-hydrogen) atoms. The van der Waals surface area contributed by atoms with E-state index in [1.807, 2.05) is 19.2 Å². The second-order valence-corrected chi connectivity index (χ2v) is 2.48. The third-order valence-electron chi connectivity index (χ3n) is 1.63. The first-order chi connectivity index (χ1) is 5.24. The molecule has 0 spiro atoms. The Morgan fingerprint density at radius 1 is 1.36 bits per heavy atom. The Bertz CT molecular complexity index is 175. The van der Waals surface area contributed by atoms with Crippen molar-refractivity contribution in [2.45, 2.75) is 33.6 Å². The SMILES string of the molecule is C=C/C(=C\N=C(C)CC)CC. The fourth-order valence-electron chi connectivity index (χ4n) is 0.573. The van der Waals surface area contributed by atoms with Crippen LogP contribution in [0.2, 0.25) is 0 Å². The third-order valence-corrected chi connectivity index (χ3v) is 1.63. The summed E-state index contributed by atoms with van der Waals surface area (Å²) in [6.45, 7) is 9.94. The Morgan fingerprint density at radius 2 is 2.00 bits per heavy atom. The number of allylic oxidation sites excluding steroid dienone is 2. The first-order valence-electron chi connectivity index (χ1n) is 4.09. The number of hydrogen-bond acceptors (Lipinski definition) is 1. The highest BCUT2D eigenvalue weighted by molar-refractivity contribution is 5.82. The number of hydrogen-bond donors (Lipinski definition) is 0. The molecule has 0 N–H and O–H groups in total. The van der Waals surface area contributed by atoms with E-state index in [9.17, 15) is 0 Å². The molecule has 0 aromatic rings. The molecule has 0 saturated heterocycles. The van der Waals surface area contributed by atoms with Crippen LogP contribution in [0.4, 0.5) is 0 Å². The molecule has 62 valence electrons. The van der Waals surface area contributed by atoms with Gasteiger partial charge in [-0.2, -0.15) is 0 Å². The molecule has 0 amide bonds. The van der Waals surface area contributed by atoms with Crippen LogP contribution in [0.1, 0.15) is 33.6 Å². The Balaban J connectivity index is 4.17. The van der Waals surface area contributed by atoms with E-state index in [1.54, 1.807) is 0 Å². The van der Waals surface area contributed by atoms with Gasteiger partial charge in [-0.3, -0.25) is 4.99 Å². The van der Waals surface area contributed by atoms with Crippen LogP contribution in [-0.4, -0.2) is 5.71 Å². The molecule has 0 saturated carbocycles. The zero-order valence-electron chi connectivity index (χ0n) is 7.72. The Hall–Kier alpha value is -0.850. The van der Waals surface area contributed by atoms with Crippen molar-refractivity contribution in [3.63, 3.8) is 0 Å². The lowest BCUT2D eigenvalue weighted by atomic mass is 10.2. The molecule has 0 fully saturated rings. The summed E-state index contributed by atoms with van der Waals surface area (Å²) in [7, 11) is 0. The molecule has 0 aromatic carbocycles. The standard InChI is InChI=1S/C10H17N/c1-5-9(4)11-8-10(6-2)7-3/h6,8H,2,5,7H2,1,3-4H3/b10-8+,11-9?. The van der Waals surface area contributed by atoms with Gasteiger partial charge in [-0.05, 0) is 25.3 Å². The van der Waals surface area contributed by atoms with Crippen molar-refractivity contribution < 1.29 is 0 Å². The van der Waals surface area contributed by atoms with Gasteiger partial charge in [0.2, 0.25) is 0 Å². The normalized spacial score (nSPS) is 13.4. The van der Waals surface area contributed by atoms with Crippen LogP contribution in [0.5, 0.6) is 0 Å². The zero-order chi connectivity index (χ0) is 8.69. The fraction of sp³-hybridized carbons (Fsp3) is 0.500. The van der Waals surface area contributed by atoms with E-state index in [0.717, 1.165) is 18.6 Å². The highest BCUT2D eigenvalue weighted by atomic mass is 14.7. The average Bonchev–Trinajstić information content (AvgIpc) is 2.06. The lowest BCUT2D eigenvalue weighted by molar-refractivity contribution is 1.13. The molecule has 0 aliphatic heterocycles. The van der Waals surface area contributed by atoms with Crippen molar-refractivity contribution in [2.75, 3.05) is 0 Å². The average molecular weight is 151 g/mol. The minimum Gasteiger partial charge on any atom is -0.266 e. The molecule has 0 atom stereocenters. The second-order valence-electron chi connectivity index (χ2n) is 2.48. The summed E-state index contributed by atoms with van der Waals surface area (Å²) in [5.41, 5.74) is 2.36. The van der Waals surface area contributed by atoms with Crippen LogP contribution in [-0.2, 0) is 0 Å². The van der Waals surface area contributed by atoms with Gasteiger partial charge in [-0.25, -0.2) is 0 Å². The van der Waals surface area contributed by atoms with Crippen LogP contribution in [0.15, 0.2) is 29.4 Å². The van der Waals surface area contributed by atoms with Gasteiger partial charge in [0.15, 0.2) is 0 Å². The summed E-state index contributed by atoms with van der Waals surface area (Å²) in [4.78, 5) is 4.27. The quantitative estimate of drug-likeness (QED) is 0.431. The van der Waals surface area contributed by atoms with Crippen LogP contribution in [0.25, 0.3) is 0 Å². The largest absolute Gasteiger partial charge is 0.266 e. The van der Waals surface area contributed by atoms with Crippen molar-refractivity contribution >= 4 is 5.71 Å². The van der Waals surface area contributed by atoms with Crippen molar-refractivity contribution in [1.29, 1.82) is 0 Å². The summed E-state index contributed by atoms with van der Waals surface area (Å²) in [5, 5.41) is 0. The van der Waals surface area contributed by atoms with E-state index >= 15 is 0 Å². The van der Waals surface area contributed by atoms with E-state index in [0.29, 0.717) is 0 Å². The van der Waals surface area contributed by atoms with Gasteiger partial charge >= 0.3 is 0 Å². The van der Waals surface area contributed by atoms with E-state index in [4.69, 9.17) is 0 Å². The van der Waals surface area contributed by atoms with Crippen LogP contribution >= 0.6 is 0 Å². The highest BCUT2D eigenvalue weighted by Crippen LogP contribution is 2.01. The molecule has 1 nitrogen and oxygen atoms in total.